The van der Waals surface area contributed by atoms with Crippen molar-refractivity contribution >= 4 is 17.7 Å². The van der Waals surface area contributed by atoms with E-state index in [0.717, 1.165) is 25.7 Å². The Morgan fingerprint density at radius 1 is 1.24 bits per heavy atom. The topological polar surface area (TPSA) is 84.7 Å². The molecule has 0 unspecified atom stereocenters. The van der Waals surface area contributed by atoms with E-state index in [1.807, 2.05) is 26.0 Å². The standard InChI is InChI=1S/C22H29N3O4/c1-14(2)25(21(26)16-10-8-15(3)9-11-16)20-19(22(27)28)13-24(23-20)17-6-5-7-18(12-17)29-4/h5-7,12-16H,8-11H2,1-4H3,(H,27,28). The van der Waals surface area contributed by atoms with Gasteiger partial charge in [-0.3, -0.25) is 9.69 Å². The number of carboxylic acid groups (broad SMARTS) is 1. The molecule has 7 heteroatoms. The highest BCUT2D eigenvalue weighted by Gasteiger charge is 2.34. The molecule has 7 nitrogen and oxygen atoms in total. The second-order valence-corrected chi connectivity index (χ2v) is 8.08. The fourth-order valence-corrected chi connectivity index (χ4v) is 3.89. The maximum atomic E-state index is 13.3. The van der Waals surface area contributed by atoms with Crippen LogP contribution in [-0.4, -0.2) is 39.9 Å². The summed E-state index contributed by atoms with van der Waals surface area (Å²) in [6.07, 6.45) is 5.17. The van der Waals surface area contributed by atoms with E-state index < -0.39 is 5.97 Å². The molecule has 1 saturated carbocycles. The van der Waals surface area contributed by atoms with Crippen molar-refractivity contribution in [3.05, 3.63) is 36.0 Å². The van der Waals surface area contributed by atoms with Crippen LogP contribution in [0, 0.1) is 11.8 Å². The lowest BCUT2D eigenvalue weighted by molar-refractivity contribution is -0.123. The zero-order valence-corrected chi connectivity index (χ0v) is 17.5. The second-order valence-electron chi connectivity index (χ2n) is 8.08. The summed E-state index contributed by atoms with van der Waals surface area (Å²) >= 11 is 0. The Morgan fingerprint density at radius 2 is 1.93 bits per heavy atom. The van der Waals surface area contributed by atoms with Crippen LogP contribution < -0.4 is 9.64 Å². The Hall–Kier alpha value is -2.83. The first-order valence-electron chi connectivity index (χ1n) is 10.1. The zero-order valence-electron chi connectivity index (χ0n) is 17.5. The van der Waals surface area contributed by atoms with Gasteiger partial charge < -0.3 is 9.84 Å². The second kappa shape index (κ2) is 8.68. The molecule has 1 amide bonds. The number of amides is 1. The van der Waals surface area contributed by atoms with E-state index >= 15 is 0 Å². The normalized spacial score (nSPS) is 19.2. The first-order chi connectivity index (χ1) is 13.8. The molecule has 0 spiro atoms. The lowest BCUT2D eigenvalue weighted by Crippen LogP contribution is -2.43. The fourth-order valence-electron chi connectivity index (χ4n) is 3.89. The van der Waals surface area contributed by atoms with Gasteiger partial charge in [0.25, 0.3) is 0 Å². The van der Waals surface area contributed by atoms with Gasteiger partial charge in [0.05, 0.1) is 12.8 Å². The maximum Gasteiger partial charge on any atom is 0.341 e. The van der Waals surface area contributed by atoms with Crippen LogP contribution in [0.3, 0.4) is 0 Å². The molecule has 1 aliphatic rings. The molecule has 3 rings (SSSR count). The number of carboxylic acids is 1. The van der Waals surface area contributed by atoms with Gasteiger partial charge in [-0.05, 0) is 57.6 Å². The highest BCUT2D eigenvalue weighted by molar-refractivity contribution is 6.01. The summed E-state index contributed by atoms with van der Waals surface area (Å²) in [6.45, 7) is 5.98. The van der Waals surface area contributed by atoms with Crippen molar-refractivity contribution in [3.8, 4) is 11.4 Å². The number of rotatable bonds is 6. The predicted molar refractivity (Wildman–Crippen MR) is 111 cm³/mol. The van der Waals surface area contributed by atoms with Crippen LogP contribution in [0.15, 0.2) is 30.5 Å². The molecule has 1 aromatic heterocycles. The van der Waals surface area contributed by atoms with E-state index in [9.17, 15) is 14.7 Å². The van der Waals surface area contributed by atoms with Gasteiger partial charge in [0.2, 0.25) is 5.91 Å². The van der Waals surface area contributed by atoms with Crippen molar-refractivity contribution in [2.45, 2.75) is 52.5 Å². The molecule has 156 valence electrons. The van der Waals surface area contributed by atoms with E-state index in [0.29, 0.717) is 17.4 Å². The molecular formula is C22H29N3O4. The van der Waals surface area contributed by atoms with Crippen molar-refractivity contribution in [2.75, 3.05) is 12.0 Å². The summed E-state index contributed by atoms with van der Waals surface area (Å²) in [7, 11) is 1.57. The van der Waals surface area contributed by atoms with Gasteiger partial charge in [-0.1, -0.05) is 13.0 Å². The average molecular weight is 399 g/mol. The summed E-state index contributed by atoms with van der Waals surface area (Å²) in [4.78, 5) is 26.8. The van der Waals surface area contributed by atoms with Gasteiger partial charge in [0.15, 0.2) is 5.82 Å². The number of benzene rings is 1. The van der Waals surface area contributed by atoms with Crippen molar-refractivity contribution < 1.29 is 19.4 Å². The number of anilines is 1. The third kappa shape index (κ3) is 4.44. The van der Waals surface area contributed by atoms with Crippen molar-refractivity contribution in [2.24, 2.45) is 11.8 Å². The first kappa shape index (κ1) is 20.9. The Morgan fingerprint density at radius 3 is 2.52 bits per heavy atom. The number of ether oxygens (including phenoxy) is 1. The number of methoxy groups -OCH3 is 1. The van der Waals surface area contributed by atoms with Crippen LogP contribution in [0.5, 0.6) is 5.75 Å². The molecule has 0 saturated heterocycles. The molecule has 0 bridgehead atoms. The van der Waals surface area contributed by atoms with Crippen LogP contribution in [0.25, 0.3) is 5.69 Å². The Balaban J connectivity index is 2.00. The lowest BCUT2D eigenvalue weighted by atomic mass is 9.82. The minimum Gasteiger partial charge on any atom is -0.497 e. The van der Waals surface area contributed by atoms with Gasteiger partial charge in [-0.15, -0.1) is 5.10 Å². The number of carbonyl (C=O) groups excluding carboxylic acids is 1. The quantitative estimate of drug-likeness (QED) is 0.789. The summed E-state index contributed by atoms with van der Waals surface area (Å²) in [6, 6.07) is 7.00. The Bertz CT molecular complexity index is 882. The molecule has 1 aliphatic carbocycles. The van der Waals surface area contributed by atoms with E-state index in [-0.39, 0.29) is 29.2 Å². The van der Waals surface area contributed by atoms with Crippen LogP contribution in [0.4, 0.5) is 5.82 Å². The summed E-state index contributed by atoms with van der Waals surface area (Å²) in [5.41, 5.74) is 0.680. The molecule has 0 aliphatic heterocycles. The van der Waals surface area contributed by atoms with Gasteiger partial charge in [-0.2, -0.15) is 0 Å². The minimum atomic E-state index is -1.11. The van der Waals surface area contributed by atoms with Gasteiger partial charge in [-0.25, -0.2) is 9.48 Å². The minimum absolute atomic E-state index is 0.0130. The highest BCUT2D eigenvalue weighted by atomic mass is 16.5. The van der Waals surface area contributed by atoms with E-state index in [2.05, 4.69) is 12.0 Å². The van der Waals surface area contributed by atoms with Crippen molar-refractivity contribution in [1.82, 2.24) is 9.78 Å². The lowest BCUT2D eigenvalue weighted by Gasteiger charge is -2.32. The first-order valence-corrected chi connectivity index (χ1v) is 10.1. The van der Waals surface area contributed by atoms with E-state index in [4.69, 9.17) is 4.74 Å². The predicted octanol–water partition coefficient (Wildman–Crippen LogP) is 4.15. The Labute approximate surface area is 171 Å². The van der Waals surface area contributed by atoms with Gasteiger partial charge >= 0.3 is 5.97 Å². The number of hydrogen-bond donors (Lipinski definition) is 1. The van der Waals surface area contributed by atoms with Crippen molar-refractivity contribution in [3.63, 3.8) is 0 Å². The SMILES string of the molecule is COc1cccc(-n2cc(C(=O)O)c(N(C(=O)C3CCC(C)CC3)C(C)C)n2)c1. The molecule has 1 N–H and O–H groups in total. The molecule has 1 heterocycles. The van der Waals surface area contributed by atoms with Crippen LogP contribution in [-0.2, 0) is 4.79 Å². The number of nitrogens with zero attached hydrogens (tertiary/aromatic N) is 3. The molecule has 1 fully saturated rings. The molecule has 0 radical (unpaired) electrons. The average Bonchev–Trinajstić information content (AvgIpc) is 3.13. The highest BCUT2D eigenvalue weighted by Crippen LogP contribution is 2.32. The smallest absolute Gasteiger partial charge is 0.341 e. The van der Waals surface area contributed by atoms with Crippen LogP contribution in [0.1, 0.15) is 56.8 Å². The third-order valence-corrected chi connectivity index (χ3v) is 5.59. The summed E-state index contributed by atoms with van der Waals surface area (Å²) < 4.78 is 6.74. The summed E-state index contributed by atoms with van der Waals surface area (Å²) in [5, 5.41) is 14.3. The molecule has 29 heavy (non-hydrogen) atoms. The monoisotopic (exact) mass is 399 g/mol. The zero-order chi connectivity index (χ0) is 21.1. The van der Waals surface area contributed by atoms with Crippen LogP contribution >= 0.6 is 0 Å². The van der Waals surface area contributed by atoms with Crippen molar-refractivity contribution in [1.29, 1.82) is 0 Å². The van der Waals surface area contributed by atoms with Crippen LogP contribution in [0.2, 0.25) is 0 Å². The third-order valence-electron chi connectivity index (χ3n) is 5.59. The number of carbonyl (C=O) groups is 2. The molecular weight excluding hydrogens is 370 g/mol. The summed E-state index contributed by atoms with van der Waals surface area (Å²) in [5.74, 6) is 0.240. The molecule has 2 aromatic rings. The fraction of sp³-hybridized carbons (Fsp3) is 0.500. The Kier molecular flexibility index (Phi) is 6.25. The molecule has 0 atom stereocenters. The van der Waals surface area contributed by atoms with E-state index in [1.165, 1.54) is 10.9 Å². The number of hydrogen-bond acceptors (Lipinski definition) is 4. The van der Waals surface area contributed by atoms with E-state index in [1.54, 1.807) is 24.1 Å². The van der Waals surface area contributed by atoms with Gasteiger partial charge in [0.1, 0.15) is 11.3 Å². The number of aromatic carboxylic acids is 1. The van der Waals surface area contributed by atoms with Gasteiger partial charge in [0, 0.05) is 24.2 Å². The largest absolute Gasteiger partial charge is 0.497 e. The molecule has 1 aromatic carbocycles. The maximum absolute atomic E-state index is 13.3. The number of aromatic nitrogens is 2.